The van der Waals surface area contributed by atoms with E-state index in [1.165, 1.54) is 7.11 Å². The lowest BCUT2D eigenvalue weighted by Gasteiger charge is -2.23. The van der Waals surface area contributed by atoms with E-state index in [9.17, 15) is 4.79 Å². The number of methoxy groups -OCH3 is 2. The van der Waals surface area contributed by atoms with Crippen LogP contribution in [-0.4, -0.2) is 26.8 Å². The lowest BCUT2D eigenvalue weighted by atomic mass is 9.86. The van der Waals surface area contributed by atoms with Crippen molar-refractivity contribution in [3.05, 3.63) is 23.8 Å². The molecule has 0 aliphatic rings. The molecule has 112 valence electrons. The van der Waals surface area contributed by atoms with Gasteiger partial charge in [0, 0.05) is 12.0 Å². The van der Waals surface area contributed by atoms with Crippen LogP contribution >= 0.6 is 0 Å². The Morgan fingerprint density at radius 3 is 2.45 bits per heavy atom. The Morgan fingerprint density at radius 1 is 1.20 bits per heavy atom. The van der Waals surface area contributed by atoms with E-state index in [2.05, 4.69) is 25.5 Å². The van der Waals surface area contributed by atoms with E-state index in [1.54, 1.807) is 7.11 Å². The minimum atomic E-state index is -0.209. The molecule has 4 nitrogen and oxygen atoms in total. The second-order valence-electron chi connectivity index (χ2n) is 5.64. The molecule has 1 aromatic rings. The average Bonchev–Trinajstić information content (AvgIpc) is 2.42. The van der Waals surface area contributed by atoms with Gasteiger partial charge in [0.1, 0.15) is 11.5 Å². The average molecular weight is 280 g/mol. The summed E-state index contributed by atoms with van der Waals surface area (Å²) in [5.41, 5.74) is 1.06. The van der Waals surface area contributed by atoms with Crippen LogP contribution < -0.4 is 9.47 Å². The van der Waals surface area contributed by atoms with E-state index in [4.69, 9.17) is 9.47 Å². The molecule has 0 heterocycles. The fraction of sp³-hybridized carbons (Fsp3) is 0.562. The summed E-state index contributed by atoms with van der Waals surface area (Å²) in [6.07, 6.45) is 1.01. The summed E-state index contributed by atoms with van der Waals surface area (Å²) < 4.78 is 15.7. The Labute approximate surface area is 121 Å². The van der Waals surface area contributed by atoms with Gasteiger partial charge in [0.25, 0.3) is 0 Å². The van der Waals surface area contributed by atoms with Gasteiger partial charge in [-0.2, -0.15) is 0 Å². The molecule has 20 heavy (non-hydrogen) atoms. The maximum absolute atomic E-state index is 11.0. The molecule has 0 N–H and O–H groups in total. The summed E-state index contributed by atoms with van der Waals surface area (Å²) in [5, 5.41) is 0. The Balaban J connectivity index is 2.72. The van der Waals surface area contributed by atoms with Gasteiger partial charge in [-0.3, -0.25) is 4.79 Å². The van der Waals surface area contributed by atoms with Crippen LogP contribution in [0.1, 0.15) is 39.2 Å². The molecular formula is C16H24O4. The third-order valence-electron chi connectivity index (χ3n) is 3.01. The van der Waals surface area contributed by atoms with Crippen molar-refractivity contribution in [2.24, 2.45) is 0 Å². The third-order valence-corrected chi connectivity index (χ3v) is 3.01. The first-order valence-electron chi connectivity index (χ1n) is 6.76. The van der Waals surface area contributed by atoms with Gasteiger partial charge >= 0.3 is 5.97 Å². The zero-order valence-corrected chi connectivity index (χ0v) is 13.0. The maximum atomic E-state index is 11.0. The molecule has 0 fully saturated rings. The number of carbonyl (C=O) groups is 1. The van der Waals surface area contributed by atoms with Crippen molar-refractivity contribution >= 4 is 5.97 Å². The highest BCUT2D eigenvalue weighted by Crippen LogP contribution is 2.34. The van der Waals surface area contributed by atoms with Crippen molar-refractivity contribution in [1.82, 2.24) is 0 Å². The number of benzene rings is 1. The molecular weight excluding hydrogens is 256 g/mol. The zero-order chi connectivity index (χ0) is 15.2. The van der Waals surface area contributed by atoms with Gasteiger partial charge in [0.15, 0.2) is 0 Å². The fourth-order valence-corrected chi connectivity index (χ4v) is 1.85. The predicted octanol–water partition coefficient (Wildman–Crippen LogP) is 3.32. The predicted molar refractivity (Wildman–Crippen MR) is 78.4 cm³/mol. The van der Waals surface area contributed by atoms with Crippen LogP contribution in [0.2, 0.25) is 0 Å². The van der Waals surface area contributed by atoms with Crippen LogP contribution in [-0.2, 0) is 14.9 Å². The highest BCUT2D eigenvalue weighted by Gasteiger charge is 2.20. The number of hydrogen-bond acceptors (Lipinski definition) is 4. The van der Waals surface area contributed by atoms with Gasteiger partial charge in [-0.25, -0.2) is 0 Å². The first-order chi connectivity index (χ1) is 9.38. The van der Waals surface area contributed by atoms with Crippen molar-refractivity contribution in [1.29, 1.82) is 0 Å². The largest absolute Gasteiger partial charge is 0.497 e. The first kappa shape index (κ1) is 16.3. The molecule has 4 heteroatoms. The topological polar surface area (TPSA) is 44.8 Å². The molecule has 0 saturated heterocycles. The summed E-state index contributed by atoms with van der Waals surface area (Å²) in [7, 11) is 3.04. The summed E-state index contributed by atoms with van der Waals surface area (Å²) in [5.74, 6) is 1.44. The molecule has 0 radical (unpaired) electrons. The molecule has 0 aromatic heterocycles. The van der Waals surface area contributed by atoms with E-state index in [1.807, 2.05) is 18.2 Å². The van der Waals surface area contributed by atoms with E-state index in [0.29, 0.717) is 19.4 Å². The molecule has 0 spiro atoms. The molecule has 0 amide bonds. The van der Waals surface area contributed by atoms with Crippen LogP contribution in [0.4, 0.5) is 0 Å². The Hall–Kier alpha value is -1.71. The molecule has 1 aromatic carbocycles. The third kappa shape index (κ3) is 4.76. The van der Waals surface area contributed by atoms with Crippen LogP contribution in [0.25, 0.3) is 0 Å². The van der Waals surface area contributed by atoms with Crippen LogP contribution in [0.15, 0.2) is 18.2 Å². The minimum Gasteiger partial charge on any atom is -0.497 e. The van der Waals surface area contributed by atoms with Gasteiger partial charge in [-0.15, -0.1) is 0 Å². The number of carbonyl (C=O) groups excluding carboxylic acids is 1. The van der Waals surface area contributed by atoms with Gasteiger partial charge in [0.2, 0.25) is 0 Å². The second kappa shape index (κ2) is 7.17. The van der Waals surface area contributed by atoms with Gasteiger partial charge < -0.3 is 14.2 Å². The van der Waals surface area contributed by atoms with Crippen LogP contribution in [0.5, 0.6) is 11.5 Å². The molecule has 0 aliphatic carbocycles. The lowest BCUT2D eigenvalue weighted by molar-refractivity contribution is -0.140. The monoisotopic (exact) mass is 280 g/mol. The number of esters is 1. The maximum Gasteiger partial charge on any atom is 0.305 e. The standard InChI is InChI=1S/C16H24O4/c1-16(2,3)13-11-12(18-4)8-9-14(13)20-10-6-7-15(17)19-5/h8-9,11H,6-7,10H2,1-5H3. The van der Waals surface area contributed by atoms with Gasteiger partial charge in [0.05, 0.1) is 20.8 Å². The summed E-state index contributed by atoms with van der Waals surface area (Å²) >= 11 is 0. The number of rotatable bonds is 6. The van der Waals surface area contributed by atoms with Crippen molar-refractivity contribution in [3.8, 4) is 11.5 Å². The Bertz CT molecular complexity index is 446. The van der Waals surface area contributed by atoms with Crippen molar-refractivity contribution in [2.75, 3.05) is 20.8 Å². The number of ether oxygens (including phenoxy) is 3. The van der Waals surface area contributed by atoms with E-state index in [0.717, 1.165) is 17.1 Å². The Morgan fingerprint density at radius 2 is 1.90 bits per heavy atom. The Kier molecular flexibility index (Phi) is 5.86. The highest BCUT2D eigenvalue weighted by atomic mass is 16.5. The zero-order valence-electron chi connectivity index (χ0n) is 13.0. The van der Waals surface area contributed by atoms with Crippen molar-refractivity contribution < 1.29 is 19.0 Å². The lowest BCUT2D eigenvalue weighted by Crippen LogP contribution is -2.14. The molecule has 0 bridgehead atoms. The van der Waals surface area contributed by atoms with E-state index in [-0.39, 0.29) is 11.4 Å². The fourth-order valence-electron chi connectivity index (χ4n) is 1.85. The van der Waals surface area contributed by atoms with Gasteiger partial charge in [-0.1, -0.05) is 20.8 Å². The SMILES string of the molecule is COC(=O)CCCOc1ccc(OC)cc1C(C)(C)C. The molecule has 0 unspecified atom stereocenters. The van der Waals surface area contributed by atoms with E-state index < -0.39 is 0 Å². The molecule has 0 saturated carbocycles. The summed E-state index contributed by atoms with van der Waals surface area (Å²) in [4.78, 5) is 11.0. The summed E-state index contributed by atoms with van der Waals surface area (Å²) in [6, 6.07) is 5.79. The highest BCUT2D eigenvalue weighted by molar-refractivity contribution is 5.69. The quantitative estimate of drug-likeness (QED) is 0.592. The molecule has 0 atom stereocenters. The number of hydrogen-bond donors (Lipinski definition) is 0. The normalized spacial score (nSPS) is 11.1. The molecule has 0 aliphatic heterocycles. The smallest absolute Gasteiger partial charge is 0.305 e. The van der Waals surface area contributed by atoms with E-state index >= 15 is 0 Å². The van der Waals surface area contributed by atoms with Gasteiger partial charge in [-0.05, 0) is 30.0 Å². The summed E-state index contributed by atoms with van der Waals surface area (Å²) in [6.45, 7) is 6.87. The van der Waals surface area contributed by atoms with Crippen LogP contribution in [0.3, 0.4) is 0 Å². The van der Waals surface area contributed by atoms with Crippen molar-refractivity contribution in [3.63, 3.8) is 0 Å². The first-order valence-corrected chi connectivity index (χ1v) is 6.76. The van der Waals surface area contributed by atoms with Crippen LogP contribution in [0, 0.1) is 0 Å². The molecule has 1 rings (SSSR count). The minimum absolute atomic E-state index is 0.0355. The van der Waals surface area contributed by atoms with Crippen molar-refractivity contribution in [2.45, 2.75) is 39.0 Å². The second-order valence-corrected chi connectivity index (χ2v) is 5.64.